The molecule has 2 aliphatic rings. The number of fused-ring (bicyclic) bond motifs is 3. The van der Waals surface area contributed by atoms with Gasteiger partial charge in [-0.05, 0) is 26.2 Å². The van der Waals surface area contributed by atoms with Crippen LogP contribution in [-0.2, 0) is 4.79 Å². The van der Waals surface area contributed by atoms with E-state index in [-0.39, 0.29) is 11.9 Å². The molecule has 6 heteroatoms. The van der Waals surface area contributed by atoms with E-state index in [9.17, 15) is 4.79 Å². The summed E-state index contributed by atoms with van der Waals surface area (Å²) >= 11 is 0. The van der Waals surface area contributed by atoms with Crippen LogP contribution in [0.2, 0.25) is 0 Å². The van der Waals surface area contributed by atoms with Crippen molar-refractivity contribution in [3.63, 3.8) is 0 Å². The van der Waals surface area contributed by atoms with E-state index >= 15 is 0 Å². The molecule has 0 bridgehead atoms. The van der Waals surface area contributed by atoms with E-state index in [1.807, 2.05) is 48.2 Å². The Bertz CT molecular complexity index is 615. The van der Waals surface area contributed by atoms with Crippen LogP contribution in [0.3, 0.4) is 0 Å². The van der Waals surface area contributed by atoms with E-state index in [4.69, 9.17) is 10.5 Å². The van der Waals surface area contributed by atoms with Crippen LogP contribution in [0, 0.1) is 0 Å². The summed E-state index contributed by atoms with van der Waals surface area (Å²) < 4.78 is 5.83. The summed E-state index contributed by atoms with van der Waals surface area (Å²) in [6.07, 6.45) is 3.58. The molecule has 0 radical (unpaired) electrons. The fraction of sp³-hybridized carbons (Fsp3) is 0.471. The van der Waals surface area contributed by atoms with Crippen molar-refractivity contribution in [2.24, 2.45) is 0 Å². The molecule has 2 heterocycles. The number of carbonyl (C=O) groups is 1. The molecule has 0 aromatic heterocycles. The number of anilines is 2. The van der Waals surface area contributed by atoms with E-state index in [2.05, 4.69) is 4.90 Å². The second-order valence-corrected chi connectivity index (χ2v) is 6.33. The van der Waals surface area contributed by atoms with Crippen LogP contribution in [0.4, 0.5) is 11.4 Å². The SMILES string of the molecule is CN(C)C/C=C/C(=O)N1CCN2c3ccc(N)cc3OC[C@H]2C1. The third-order valence-corrected chi connectivity index (χ3v) is 4.25. The van der Waals surface area contributed by atoms with Gasteiger partial charge in [-0.15, -0.1) is 0 Å². The third kappa shape index (κ3) is 3.42. The molecule has 0 aliphatic carbocycles. The molecule has 1 aromatic rings. The Balaban J connectivity index is 1.65. The number of nitrogens with two attached hydrogens (primary N) is 1. The molecule has 1 atom stereocenters. The lowest BCUT2D eigenvalue weighted by Crippen LogP contribution is -2.58. The molecule has 0 saturated carbocycles. The number of carbonyl (C=O) groups excluding carboxylic acids is 1. The van der Waals surface area contributed by atoms with Gasteiger partial charge < -0.3 is 25.2 Å². The van der Waals surface area contributed by atoms with E-state index < -0.39 is 0 Å². The van der Waals surface area contributed by atoms with Crippen LogP contribution >= 0.6 is 0 Å². The van der Waals surface area contributed by atoms with Crippen molar-refractivity contribution in [3.05, 3.63) is 30.4 Å². The zero-order chi connectivity index (χ0) is 16.4. The van der Waals surface area contributed by atoms with Gasteiger partial charge in [0.15, 0.2) is 0 Å². The molecule has 3 rings (SSSR count). The number of hydrogen-bond donors (Lipinski definition) is 1. The molecule has 1 aromatic carbocycles. The van der Waals surface area contributed by atoms with Gasteiger partial charge in [0.05, 0.1) is 11.7 Å². The molecular formula is C17H24N4O2. The van der Waals surface area contributed by atoms with Crippen LogP contribution in [-0.4, -0.2) is 68.6 Å². The number of piperazine rings is 1. The van der Waals surface area contributed by atoms with Gasteiger partial charge in [-0.2, -0.15) is 0 Å². The fourth-order valence-electron chi connectivity index (χ4n) is 3.05. The molecular weight excluding hydrogens is 292 g/mol. The Morgan fingerprint density at radius 2 is 2.26 bits per heavy atom. The predicted octanol–water partition coefficient (Wildman–Crippen LogP) is 0.796. The number of nitrogens with zero attached hydrogens (tertiary/aromatic N) is 3. The minimum absolute atomic E-state index is 0.0783. The summed E-state index contributed by atoms with van der Waals surface area (Å²) in [4.78, 5) is 18.5. The molecule has 2 N–H and O–H groups in total. The summed E-state index contributed by atoms with van der Waals surface area (Å²) in [6, 6.07) is 5.97. The highest BCUT2D eigenvalue weighted by Gasteiger charge is 2.33. The van der Waals surface area contributed by atoms with Crippen molar-refractivity contribution in [1.82, 2.24) is 9.80 Å². The summed E-state index contributed by atoms with van der Waals surface area (Å²) in [5.74, 6) is 0.918. The Labute approximate surface area is 137 Å². The lowest BCUT2D eigenvalue weighted by atomic mass is 10.1. The molecule has 23 heavy (non-hydrogen) atoms. The maximum Gasteiger partial charge on any atom is 0.246 e. The zero-order valence-corrected chi connectivity index (χ0v) is 13.7. The second-order valence-electron chi connectivity index (χ2n) is 6.33. The average Bonchev–Trinajstić information content (AvgIpc) is 2.53. The summed E-state index contributed by atoms with van der Waals surface area (Å²) in [5, 5.41) is 0. The van der Waals surface area contributed by atoms with Gasteiger partial charge in [0.1, 0.15) is 12.4 Å². The van der Waals surface area contributed by atoms with Crippen molar-refractivity contribution >= 4 is 17.3 Å². The number of rotatable bonds is 3. The highest BCUT2D eigenvalue weighted by Crippen LogP contribution is 2.36. The molecule has 2 aliphatic heterocycles. The van der Waals surface area contributed by atoms with Crippen LogP contribution in [0.25, 0.3) is 0 Å². The summed E-state index contributed by atoms with van der Waals surface area (Å²) in [7, 11) is 3.97. The maximum absolute atomic E-state index is 12.3. The quantitative estimate of drug-likeness (QED) is 0.660. The van der Waals surface area contributed by atoms with Gasteiger partial charge in [-0.1, -0.05) is 6.08 Å². The standard InChI is InChI=1S/C17H24N4O2/c1-19(2)7-3-4-17(22)20-8-9-21-14(11-20)12-23-16-10-13(18)5-6-15(16)21/h3-6,10,14H,7-9,11-12,18H2,1-2H3/b4-3+/t14-/m1/s1. The van der Waals surface area contributed by atoms with Gasteiger partial charge in [-0.25, -0.2) is 0 Å². The number of amides is 1. The van der Waals surface area contributed by atoms with Gasteiger partial charge in [0, 0.05) is 44.0 Å². The maximum atomic E-state index is 12.3. The summed E-state index contributed by atoms with van der Waals surface area (Å²) in [6.45, 7) is 3.59. The minimum atomic E-state index is 0.0783. The molecule has 124 valence electrons. The molecule has 6 nitrogen and oxygen atoms in total. The molecule has 1 amide bonds. The van der Waals surface area contributed by atoms with E-state index in [0.29, 0.717) is 18.8 Å². The van der Waals surface area contributed by atoms with Gasteiger partial charge in [0.25, 0.3) is 0 Å². The van der Waals surface area contributed by atoms with Crippen molar-refractivity contribution in [1.29, 1.82) is 0 Å². The third-order valence-electron chi connectivity index (χ3n) is 4.25. The smallest absolute Gasteiger partial charge is 0.246 e. The zero-order valence-electron chi connectivity index (χ0n) is 13.7. The number of likely N-dealkylation sites (N-methyl/N-ethyl adjacent to an activating group) is 1. The van der Waals surface area contributed by atoms with Crippen molar-refractivity contribution < 1.29 is 9.53 Å². The molecule has 1 fully saturated rings. The number of nitrogen functional groups attached to an aromatic ring is 1. The van der Waals surface area contributed by atoms with Crippen molar-refractivity contribution in [2.45, 2.75) is 6.04 Å². The molecule has 0 spiro atoms. The monoisotopic (exact) mass is 316 g/mol. The van der Waals surface area contributed by atoms with Crippen LogP contribution in [0.5, 0.6) is 5.75 Å². The first-order chi connectivity index (χ1) is 11.0. The lowest BCUT2D eigenvalue weighted by Gasteiger charge is -2.45. The van der Waals surface area contributed by atoms with Gasteiger partial charge in [0.2, 0.25) is 5.91 Å². The van der Waals surface area contributed by atoms with Crippen LogP contribution in [0.1, 0.15) is 0 Å². The Kier molecular flexibility index (Phi) is 4.43. The Hall–Kier alpha value is -2.21. The van der Waals surface area contributed by atoms with Gasteiger partial charge in [-0.3, -0.25) is 4.79 Å². The van der Waals surface area contributed by atoms with Crippen molar-refractivity contribution in [2.75, 3.05) is 57.5 Å². The first kappa shape index (κ1) is 15.7. The first-order valence-electron chi connectivity index (χ1n) is 7.94. The van der Waals surface area contributed by atoms with E-state index in [1.54, 1.807) is 6.08 Å². The van der Waals surface area contributed by atoms with E-state index in [1.165, 1.54) is 0 Å². The normalized spacial score (nSPS) is 20.4. The fourth-order valence-corrected chi connectivity index (χ4v) is 3.05. The summed E-state index contributed by atoms with van der Waals surface area (Å²) in [5.41, 5.74) is 7.60. The minimum Gasteiger partial charge on any atom is -0.489 e. The lowest BCUT2D eigenvalue weighted by molar-refractivity contribution is -0.127. The van der Waals surface area contributed by atoms with Gasteiger partial charge >= 0.3 is 0 Å². The largest absolute Gasteiger partial charge is 0.489 e. The first-order valence-corrected chi connectivity index (χ1v) is 7.94. The molecule has 0 unspecified atom stereocenters. The topological polar surface area (TPSA) is 62.0 Å². The van der Waals surface area contributed by atoms with Crippen LogP contribution < -0.4 is 15.4 Å². The highest BCUT2D eigenvalue weighted by atomic mass is 16.5. The predicted molar refractivity (Wildman–Crippen MR) is 91.8 cm³/mol. The van der Waals surface area contributed by atoms with Crippen molar-refractivity contribution in [3.8, 4) is 5.75 Å². The number of ether oxygens (including phenoxy) is 1. The second kappa shape index (κ2) is 6.50. The number of hydrogen-bond acceptors (Lipinski definition) is 5. The van der Waals surface area contributed by atoms with Crippen LogP contribution in [0.15, 0.2) is 30.4 Å². The Morgan fingerprint density at radius 1 is 1.43 bits per heavy atom. The Morgan fingerprint density at radius 3 is 3.04 bits per heavy atom. The highest BCUT2D eigenvalue weighted by molar-refractivity contribution is 5.88. The average molecular weight is 316 g/mol. The molecule has 1 saturated heterocycles. The number of benzene rings is 1. The van der Waals surface area contributed by atoms with E-state index in [0.717, 1.165) is 31.1 Å².